The molecule has 0 aromatic carbocycles. The number of amides is 1. The number of nitrogens with zero attached hydrogens (tertiary/aromatic N) is 1. The van der Waals surface area contributed by atoms with Crippen LogP contribution in [-0.2, 0) is 4.74 Å². The van der Waals surface area contributed by atoms with E-state index in [1.807, 2.05) is 4.90 Å². The molecule has 1 N–H and O–H groups in total. The fourth-order valence-corrected chi connectivity index (χ4v) is 4.00. The van der Waals surface area contributed by atoms with E-state index in [0.29, 0.717) is 12.1 Å². The number of nitrogens with one attached hydrogen (secondary N) is 1. The average Bonchev–Trinajstić information content (AvgIpc) is 3.08. The van der Waals surface area contributed by atoms with Crippen LogP contribution in [0.2, 0.25) is 0 Å². The third-order valence-corrected chi connectivity index (χ3v) is 5.15. The van der Waals surface area contributed by atoms with E-state index in [1.165, 1.54) is 25.7 Å². The number of hydrogen-bond donors (Lipinski definition) is 1. The van der Waals surface area contributed by atoms with Crippen molar-refractivity contribution in [1.82, 2.24) is 10.2 Å². The zero-order valence-corrected chi connectivity index (χ0v) is 10.9. The van der Waals surface area contributed by atoms with E-state index in [0.717, 1.165) is 38.3 Å². The maximum absolute atomic E-state index is 12.1. The Morgan fingerprint density at radius 1 is 1.22 bits per heavy atom. The van der Waals surface area contributed by atoms with Crippen LogP contribution in [0.5, 0.6) is 0 Å². The van der Waals surface area contributed by atoms with E-state index in [1.54, 1.807) is 0 Å². The molecule has 4 nitrogen and oxygen atoms in total. The Morgan fingerprint density at radius 3 is 2.56 bits per heavy atom. The fraction of sp³-hybridized carbons (Fsp3) is 0.929. The summed E-state index contributed by atoms with van der Waals surface area (Å²) in [5, 5.41) is 3.63. The molecule has 2 bridgehead atoms. The second kappa shape index (κ2) is 3.86. The Labute approximate surface area is 108 Å². The first-order valence-electron chi connectivity index (χ1n) is 7.46. The van der Waals surface area contributed by atoms with E-state index in [2.05, 4.69) is 5.32 Å². The van der Waals surface area contributed by atoms with Gasteiger partial charge in [-0.1, -0.05) is 0 Å². The molecule has 4 fully saturated rings. The first-order chi connectivity index (χ1) is 8.72. The lowest BCUT2D eigenvalue weighted by Crippen LogP contribution is -2.57. The minimum atomic E-state index is -0.131. The number of carbonyl (C=O) groups excluding carboxylic acids is 1. The molecule has 100 valence electrons. The Kier molecular flexibility index (Phi) is 2.38. The SMILES string of the molecule is O=C1OC2(CCN1CC1CC1)C[C@H]1CC[C@@H](C2)N1. The van der Waals surface area contributed by atoms with Gasteiger partial charge in [-0.15, -0.1) is 0 Å². The highest BCUT2D eigenvalue weighted by Crippen LogP contribution is 2.41. The van der Waals surface area contributed by atoms with E-state index >= 15 is 0 Å². The van der Waals surface area contributed by atoms with Crippen molar-refractivity contribution in [1.29, 1.82) is 0 Å². The summed E-state index contributed by atoms with van der Waals surface area (Å²) in [6, 6.07) is 1.18. The van der Waals surface area contributed by atoms with Crippen molar-refractivity contribution >= 4 is 6.09 Å². The van der Waals surface area contributed by atoms with Crippen LogP contribution in [0, 0.1) is 5.92 Å². The Hall–Kier alpha value is -0.770. The molecule has 1 spiro atoms. The first-order valence-corrected chi connectivity index (χ1v) is 7.46. The first kappa shape index (κ1) is 11.1. The quantitative estimate of drug-likeness (QED) is 0.813. The van der Waals surface area contributed by atoms with Crippen LogP contribution < -0.4 is 5.32 Å². The summed E-state index contributed by atoms with van der Waals surface area (Å²) in [5.41, 5.74) is -0.131. The van der Waals surface area contributed by atoms with Crippen LogP contribution in [0.4, 0.5) is 4.79 Å². The number of rotatable bonds is 2. The monoisotopic (exact) mass is 250 g/mol. The largest absolute Gasteiger partial charge is 0.443 e. The zero-order chi connectivity index (χ0) is 12.2. The van der Waals surface area contributed by atoms with Gasteiger partial charge in [-0.25, -0.2) is 4.79 Å². The van der Waals surface area contributed by atoms with Crippen molar-refractivity contribution in [2.24, 2.45) is 5.92 Å². The van der Waals surface area contributed by atoms with Gasteiger partial charge in [0.05, 0.1) is 0 Å². The minimum Gasteiger partial charge on any atom is -0.443 e. The molecule has 3 heterocycles. The number of carbonyl (C=O) groups is 1. The molecule has 1 aliphatic carbocycles. The molecular formula is C14H22N2O2. The maximum Gasteiger partial charge on any atom is 0.410 e. The van der Waals surface area contributed by atoms with Crippen molar-refractivity contribution in [3.8, 4) is 0 Å². The number of piperidine rings is 1. The smallest absolute Gasteiger partial charge is 0.410 e. The van der Waals surface area contributed by atoms with E-state index in [4.69, 9.17) is 4.74 Å². The molecule has 3 saturated heterocycles. The van der Waals surface area contributed by atoms with Crippen LogP contribution >= 0.6 is 0 Å². The molecule has 4 heteroatoms. The molecule has 0 radical (unpaired) electrons. The van der Waals surface area contributed by atoms with Gasteiger partial charge in [0, 0.05) is 44.4 Å². The predicted octanol–water partition coefficient (Wildman–Crippen LogP) is 1.89. The molecule has 1 saturated carbocycles. The summed E-state index contributed by atoms with van der Waals surface area (Å²) < 4.78 is 5.88. The second-order valence-corrected chi connectivity index (χ2v) is 6.74. The number of hydrogen-bond acceptors (Lipinski definition) is 3. The molecule has 4 aliphatic rings. The highest BCUT2D eigenvalue weighted by molar-refractivity contribution is 5.69. The lowest BCUT2D eigenvalue weighted by molar-refractivity contribution is -0.0748. The molecule has 0 aromatic rings. The summed E-state index contributed by atoms with van der Waals surface area (Å²) in [7, 11) is 0. The van der Waals surface area contributed by atoms with Gasteiger partial charge in [0.25, 0.3) is 0 Å². The normalized spacial score (nSPS) is 43.3. The van der Waals surface area contributed by atoms with Crippen molar-refractivity contribution in [3.63, 3.8) is 0 Å². The van der Waals surface area contributed by atoms with Gasteiger partial charge >= 0.3 is 6.09 Å². The lowest BCUT2D eigenvalue weighted by atomic mass is 9.83. The lowest BCUT2D eigenvalue weighted by Gasteiger charge is -2.45. The number of ether oxygens (including phenoxy) is 1. The fourth-order valence-electron chi connectivity index (χ4n) is 4.00. The summed E-state index contributed by atoms with van der Waals surface area (Å²) >= 11 is 0. The van der Waals surface area contributed by atoms with Gasteiger partial charge < -0.3 is 15.0 Å². The van der Waals surface area contributed by atoms with Gasteiger partial charge in [0.1, 0.15) is 5.60 Å². The average molecular weight is 250 g/mol. The highest BCUT2D eigenvalue weighted by Gasteiger charge is 2.49. The van der Waals surface area contributed by atoms with Crippen LogP contribution in [0.1, 0.15) is 44.9 Å². The number of fused-ring (bicyclic) bond motifs is 2. The second-order valence-electron chi connectivity index (χ2n) is 6.74. The van der Waals surface area contributed by atoms with Crippen molar-refractivity contribution in [2.45, 2.75) is 62.6 Å². The maximum atomic E-state index is 12.1. The van der Waals surface area contributed by atoms with Gasteiger partial charge in [-0.3, -0.25) is 0 Å². The molecule has 18 heavy (non-hydrogen) atoms. The molecular weight excluding hydrogens is 228 g/mol. The standard InChI is InChI=1S/C14H22N2O2/c17-13-16(9-10-1-2-10)6-5-14(18-13)7-11-3-4-12(8-14)15-11/h10-12,15H,1-9H2/t11-,12+,14?. The predicted molar refractivity (Wildman–Crippen MR) is 67.3 cm³/mol. The van der Waals surface area contributed by atoms with Gasteiger partial charge in [0.15, 0.2) is 0 Å². The summed E-state index contributed by atoms with van der Waals surface area (Å²) in [6.07, 6.45) is 8.17. The zero-order valence-electron chi connectivity index (χ0n) is 10.9. The van der Waals surface area contributed by atoms with Crippen molar-refractivity contribution < 1.29 is 9.53 Å². The van der Waals surface area contributed by atoms with E-state index in [-0.39, 0.29) is 11.7 Å². The molecule has 1 amide bonds. The molecule has 0 aromatic heterocycles. The summed E-state index contributed by atoms with van der Waals surface area (Å²) in [4.78, 5) is 14.1. The molecule has 3 aliphatic heterocycles. The van der Waals surface area contributed by atoms with Crippen LogP contribution in [0.25, 0.3) is 0 Å². The van der Waals surface area contributed by atoms with Crippen molar-refractivity contribution in [2.75, 3.05) is 13.1 Å². The summed E-state index contributed by atoms with van der Waals surface area (Å²) in [6.45, 7) is 1.84. The molecule has 1 unspecified atom stereocenters. The molecule has 4 rings (SSSR count). The van der Waals surface area contributed by atoms with Crippen LogP contribution in [-0.4, -0.2) is 41.8 Å². The topological polar surface area (TPSA) is 41.6 Å². The van der Waals surface area contributed by atoms with Gasteiger partial charge in [0.2, 0.25) is 0 Å². The Morgan fingerprint density at radius 2 is 1.94 bits per heavy atom. The third-order valence-electron chi connectivity index (χ3n) is 5.15. The highest BCUT2D eigenvalue weighted by atomic mass is 16.6. The van der Waals surface area contributed by atoms with Gasteiger partial charge in [-0.2, -0.15) is 0 Å². The van der Waals surface area contributed by atoms with Gasteiger partial charge in [-0.05, 0) is 31.6 Å². The Bertz CT molecular complexity index is 355. The summed E-state index contributed by atoms with van der Waals surface area (Å²) in [5.74, 6) is 0.760. The Balaban J connectivity index is 1.44. The minimum absolute atomic E-state index is 0.0468. The van der Waals surface area contributed by atoms with Crippen molar-refractivity contribution in [3.05, 3.63) is 0 Å². The van der Waals surface area contributed by atoms with E-state index < -0.39 is 0 Å². The third kappa shape index (κ3) is 1.91. The molecule has 3 atom stereocenters. The van der Waals surface area contributed by atoms with Crippen LogP contribution in [0.15, 0.2) is 0 Å². The van der Waals surface area contributed by atoms with E-state index in [9.17, 15) is 4.79 Å². The van der Waals surface area contributed by atoms with Crippen LogP contribution in [0.3, 0.4) is 0 Å².